The molecular weight excluding hydrogens is 230 g/mol. The van der Waals surface area contributed by atoms with E-state index in [4.69, 9.17) is 11.6 Å². The van der Waals surface area contributed by atoms with Gasteiger partial charge in [0.25, 0.3) is 5.91 Å². The Labute approximate surface area is 99.6 Å². The Hall–Kier alpha value is -0.540. The van der Waals surface area contributed by atoms with Crippen LogP contribution in [-0.2, 0) is 0 Å². The first-order valence-corrected chi connectivity index (χ1v) is 6.50. The van der Waals surface area contributed by atoms with E-state index < -0.39 is 0 Å². The number of halogens is 1. The summed E-state index contributed by atoms with van der Waals surface area (Å²) >= 11 is 7.25. The van der Waals surface area contributed by atoms with Crippen LogP contribution in [0.2, 0.25) is 0 Å². The van der Waals surface area contributed by atoms with Crippen LogP contribution in [0.5, 0.6) is 0 Å². The van der Waals surface area contributed by atoms with Gasteiger partial charge in [0.2, 0.25) is 0 Å². The molecule has 1 aromatic heterocycles. The second-order valence-corrected chi connectivity index (χ2v) is 4.98. The van der Waals surface area contributed by atoms with Gasteiger partial charge in [0.05, 0.1) is 5.56 Å². The third-order valence-corrected chi connectivity index (χ3v) is 3.50. The normalized spacial score (nSPS) is 14.6. The third kappa shape index (κ3) is 3.50. The SMILES string of the molecule is CCC(C)(CCCl)NC(=O)c1ccsc1. The van der Waals surface area contributed by atoms with Gasteiger partial charge in [-0.15, -0.1) is 11.6 Å². The van der Waals surface area contributed by atoms with E-state index in [-0.39, 0.29) is 11.4 Å². The maximum absolute atomic E-state index is 11.8. The predicted molar refractivity (Wildman–Crippen MR) is 65.8 cm³/mol. The first-order chi connectivity index (χ1) is 7.11. The summed E-state index contributed by atoms with van der Waals surface area (Å²) < 4.78 is 0. The number of thiophene rings is 1. The van der Waals surface area contributed by atoms with Crippen molar-refractivity contribution in [2.75, 3.05) is 5.88 Å². The van der Waals surface area contributed by atoms with Gasteiger partial charge in [-0.05, 0) is 31.2 Å². The van der Waals surface area contributed by atoms with Gasteiger partial charge >= 0.3 is 0 Å². The summed E-state index contributed by atoms with van der Waals surface area (Å²) in [5, 5.41) is 6.79. The van der Waals surface area contributed by atoms with E-state index in [9.17, 15) is 4.79 Å². The van der Waals surface area contributed by atoms with Crippen molar-refractivity contribution in [2.45, 2.75) is 32.2 Å². The zero-order valence-corrected chi connectivity index (χ0v) is 10.6. The fourth-order valence-electron chi connectivity index (χ4n) is 1.28. The Bertz CT molecular complexity index is 312. The number of hydrogen-bond donors (Lipinski definition) is 1. The summed E-state index contributed by atoms with van der Waals surface area (Å²) in [6.45, 7) is 4.08. The third-order valence-electron chi connectivity index (χ3n) is 2.63. The summed E-state index contributed by atoms with van der Waals surface area (Å²) in [7, 11) is 0. The van der Waals surface area contributed by atoms with Crippen LogP contribution >= 0.6 is 22.9 Å². The Balaban J connectivity index is 2.63. The Kier molecular flexibility index (Phi) is 4.61. The molecule has 1 rings (SSSR count). The highest BCUT2D eigenvalue weighted by Gasteiger charge is 2.24. The standard InChI is InChI=1S/C11H16ClNOS/c1-3-11(2,5-6-12)13-10(14)9-4-7-15-8-9/h4,7-8H,3,5-6H2,1-2H3,(H,13,14). The molecule has 1 unspecified atom stereocenters. The van der Waals surface area contributed by atoms with E-state index in [0.717, 1.165) is 18.4 Å². The highest BCUT2D eigenvalue weighted by Crippen LogP contribution is 2.17. The monoisotopic (exact) mass is 245 g/mol. The van der Waals surface area contributed by atoms with Crippen molar-refractivity contribution in [3.8, 4) is 0 Å². The van der Waals surface area contributed by atoms with Crippen LogP contribution in [0, 0.1) is 0 Å². The van der Waals surface area contributed by atoms with Crippen molar-refractivity contribution in [3.05, 3.63) is 22.4 Å². The maximum Gasteiger partial charge on any atom is 0.252 e. The van der Waals surface area contributed by atoms with Crippen molar-refractivity contribution >= 4 is 28.8 Å². The molecule has 1 aromatic rings. The van der Waals surface area contributed by atoms with Crippen LogP contribution < -0.4 is 5.32 Å². The molecule has 1 amide bonds. The molecule has 0 aliphatic rings. The second-order valence-electron chi connectivity index (χ2n) is 3.82. The van der Waals surface area contributed by atoms with E-state index in [1.807, 2.05) is 23.8 Å². The van der Waals surface area contributed by atoms with Gasteiger partial charge in [0, 0.05) is 16.8 Å². The van der Waals surface area contributed by atoms with Crippen LogP contribution in [0.4, 0.5) is 0 Å². The van der Waals surface area contributed by atoms with Crippen molar-refractivity contribution in [1.82, 2.24) is 5.32 Å². The molecule has 0 fully saturated rings. The van der Waals surface area contributed by atoms with E-state index in [0.29, 0.717) is 5.88 Å². The molecule has 0 saturated heterocycles. The van der Waals surface area contributed by atoms with E-state index in [1.165, 1.54) is 11.3 Å². The smallest absolute Gasteiger partial charge is 0.252 e. The minimum Gasteiger partial charge on any atom is -0.347 e. The van der Waals surface area contributed by atoms with Crippen molar-refractivity contribution < 1.29 is 4.79 Å². The number of rotatable bonds is 5. The molecule has 84 valence electrons. The van der Waals surface area contributed by atoms with Crippen molar-refractivity contribution in [3.63, 3.8) is 0 Å². The average Bonchev–Trinajstić information content (AvgIpc) is 2.71. The summed E-state index contributed by atoms with van der Waals surface area (Å²) in [6.07, 6.45) is 1.68. The van der Waals surface area contributed by atoms with Gasteiger partial charge in [-0.25, -0.2) is 0 Å². The van der Waals surface area contributed by atoms with Gasteiger partial charge in [-0.2, -0.15) is 11.3 Å². The Morgan fingerprint density at radius 2 is 2.40 bits per heavy atom. The molecule has 0 aliphatic carbocycles. The first kappa shape index (κ1) is 12.5. The average molecular weight is 246 g/mol. The quantitative estimate of drug-likeness (QED) is 0.793. The number of amides is 1. The molecule has 0 saturated carbocycles. The molecule has 4 heteroatoms. The number of hydrogen-bond acceptors (Lipinski definition) is 2. The molecule has 1 heterocycles. The van der Waals surface area contributed by atoms with Crippen LogP contribution in [0.15, 0.2) is 16.8 Å². The number of carbonyl (C=O) groups excluding carboxylic acids is 1. The molecule has 15 heavy (non-hydrogen) atoms. The fourth-order valence-corrected chi connectivity index (χ4v) is 2.33. The van der Waals surface area contributed by atoms with Crippen LogP contribution in [0.1, 0.15) is 37.0 Å². The van der Waals surface area contributed by atoms with E-state index in [2.05, 4.69) is 12.2 Å². The molecule has 1 atom stereocenters. The van der Waals surface area contributed by atoms with E-state index in [1.54, 1.807) is 0 Å². The molecule has 0 spiro atoms. The van der Waals surface area contributed by atoms with Gasteiger partial charge in [-0.3, -0.25) is 4.79 Å². The Morgan fingerprint density at radius 3 is 2.87 bits per heavy atom. The van der Waals surface area contributed by atoms with Gasteiger partial charge in [0.1, 0.15) is 0 Å². The maximum atomic E-state index is 11.8. The van der Waals surface area contributed by atoms with Crippen molar-refractivity contribution in [1.29, 1.82) is 0 Å². The molecule has 1 N–H and O–H groups in total. The lowest BCUT2D eigenvalue weighted by atomic mass is 9.95. The lowest BCUT2D eigenvalue weighted by molar-refractivity contribution is 0.0902. The van der Waals surface area contributed by atoms with Crippen molar-refractivity contribution in [2.24, 2.45) is 0 Å². The molecular formula is C11H16ClNOS. The van der Waals surface area contributed by atoms with Crippen LogP contribution in [0.3, 0.4) is 0 Å². The number of nitrogens with one attached hydrogen (secondary N) is 1. The number of alkyl halides is 1. The molecule has 0 bridgehead atoms. The minimum absolute atomic E-state index is 0.00860. The molecule has 0 radical (unpaired) electrons. The summed E-state index contributed by atoms with van der Waals surface area (Å²) in [4.78, 5) is 11.8. The van der Waals surface area contributed by atoms with Crippen LogP contribution in [-0.4, -0.2) is 17.3 Å². The van der Waals surface area contributed by atoms with Gasteiger partial charge in [0.15, 0.2) is 0 Å². The van der Waals surface area contributed by atoms with E-state index >= 15 is 0 Å². The predicted octanol–water partition coefficient (Wildman–Crippen LogP) is 3.28. The second kappa shape index (κ2) is 5.52. The summed E-state index contributed by atoms with van der Waals surface area (Å²) in [6, 6.07) is 1.83. The lowest BCUT2D eigenvalue weighted by Crippen LogP contribution is -2.45. The van der Waals surface area contributed by atoms with Crippen LogP contribution in [0.25, 0.3) is 0 Å². The largest absolute Gasteiger partial charge is 0.347 e. The Morgan fingerprint density at radius 1 is 1.67 bits per heavy atom. The zero-order chi connectivity index (χ0) is 11.3. The number of carbonyl (C=O) groups is 1. The van der Waals surface area contributed by atoms with Gasteiger partial charge in [-0.1, -0.05) is 6.92 Å². The highest BCUT2D eigenvalue weighted by molar-refractivity contribution is 7.08. The first-order valence-electron chi connectivity index (χ1n) is 5.02. The molecule has 0 aromatic carbocycles. The minimum atomic E-state index is -0.194. The lowest BCUT2D eigenvalue weighted by Gasteiger charge is -2.28. The molecule has 0 aliphatic heterocycles. The summed E-state index contributed by atoms with van der Waals surface area (Å²) in [5.41, 5.74) is 0.537. The topological polar surface area (TPSA) is 29.1 Å². The highest BCUT2D eigenvalue weighted by atomic mass is 35.5. The zero-order valence-electron chi connectivity index (χ0n) is 9.05. The fraction of sp³-hybridized carbons (Fsp3) is 0.545. The van der Waals surface area contributed by atoms with Gasteiger partial charge < -0.3 is 5.32 Å². The summed E-state index contributed by atoms with van der Waals surface area (Å²) in [5.74, 6) is 0.555. The molecule has 2 nitrogen and oxygen atoms in total.